The number of ether oxygens (including phenoxy) is 2. The van der Waals surface area contributed by atoms with Crippen molar-refractivity contribution in [3.8, 4) is 11.5 Å². The van der Waals surface area contributed by atoms with Crippen LogP contribution in [-0.2, 0) is 11.3 Å². The van der Waals surface area contributed by atoms with Gasteiger partial charge in [-0.3, -0.25) is 9.69 Å². The van der Waals surface area contributed by atoms with Crippen LogP contribution in [0.2, 0.25) is 0 Å². The zero-order chi connectivity index (χ0) is 15.2. The molecule has 0 aromatic heterocycles. The van der Waals surface area contributed by atoms with Gasteiger partial charge >= 0.3 is 0 Å². The zero-order valence-corrected chi connectivity index (χ0v) is 13.1. The van der Waals surface area contributed by atoms with E-state index in [1.165, 1.54) is 0 Å². The summed E-state index contributed by atoms with van der Waals surface area (Å²) in [6.45, 7) is 9.92. The highest BCUT2D eigenvalue weighted by Crippen LogP contribution is 2.32. The molecule has 0 fully saturated rings. The Kier molecular flexibility index (Phi) is 5.44. The molecule has 0 aliphatic carbocycles. The standard InChI is InChI=1S/C16H24N2O3/c1-4-17(11-16(19)18(5-2)6-3)10-13-7-8-14-15(9-13)21-12-20-14/h7-9H,4-6,10-12H2,1-3H3. The minimum atomic E-state index is 0.183. The van der Waals surface area contributed by atoms with Crippen molar-refractivity contribution in [3.63, 3.8) is 0 Å². The number of hydrogen-bond acceptors (Lipinski definition) is 4. The summed E-state index contributed by atoms with van der Waals surface area (Å²) < 4.78 is 10.7. The Morgan fingerprint density at radius 3 is 2.48 bits per heavy atom. The molecular formula is C16H24N2O3. The summed E-state index contributed by atoms with van der Waals surface area (Å²) in [5.41, 5.74) is 1.13. The lowest BCUT2D eigenvalue weighted by Crippen LogP contribution is -2.39. The second-order valence-corrected chi connectivity index (χ2v) is 5.06. The highest BCUT2D eigenvalue weighted by Gasteiger charge is 2.17. The highest BCUT2D eigenvalue weighted by atomic mass is 16.7. The van der Waals surface area contributed by atoms with Crippen LogP contribution in [0.25, 0.3) is 0 Å². The molecule has 5 heteroatoms. The largest absolute Gasteiger partial charge is 0.454 e. The predicted molar refractivity (Wildman–Crippen MR) is 81.4 cm³/mol. The third kappa shape index (κ3) is 3.88. The van der Waals surface area contributed by atoms with Gasteiger partial charge in [0, 0.05) is 19.6 Å². The van der Waals surface area contributed by atoms with E-state index in [4.69, 9.17) is 9.47 Å². The van der Waals surface area contributed by atoms with E-state index in [1.54, 1.807) is 0 Å². The molecule has 0 N–H and O–H groups in total. The molecule has 116 valence electrons. The van der Waals surface area contributed by atoms with Gasteiger partial charge in [0.2, 0.25) is 12.7 Å². The van der Waals surface area contributed by atoms with Crippen LogP contribution in [0.1, 0.15) is 26.3 Å². The minimum Gasteiger partial charge on any atom is -0.454 e. The molecule has 1 heterocycles. The second-order valence-electron chi connectivity index (χ2n) is 5.06. The third-order valence-electron chi connectivity index (χ3n) is 3.77. The molecule has 0 bridgehead atoms. The number of carbonyl (C=O) groups is 1. The number of fused-ring (bicyclic) bond motifs is 1. The topological polar surface area (TPSA) is 42.0 Å². The molecule has 0 spiro atoms. The maximum atomic E-state index is 12.2. The first-order chi connectivity index (χ1) is 10.2. The molecule has 0 atom stereocenters. The SMILES string of the molecule is CCN(CC(=O)N(CC)CC)Cc1ccc2c(c1)OCO2. The maximum Gasteiger partial charge on any atom is 0.236 e. The summed E-state index contributed by atoms with van der Waals surface area (Å²) in [6.07, 6.45) is 0. The summed E-state index contributed by atoms with van der Waals surface area (Å²) in [5.74, 6) is 1.77. The van der Waals surface area contributed by atoms with Crippen molar-refractivity contribution in [3.05, 3.63) is 23.8 Å². The zero-order valence-electron chi connectivity index (χ0n) is 13.1. The Balaban J connectivity index is 1.97. The molecule has 1 aromatic rings. The second kappa shape index (κ2) is 7.31. The van der Waals surface area contributed by atoms with Crippen molar-refractivity contribution in [1.82, 2.24) is 9.80 Å². The monoisotopic (exact) mass is 292 g/mol. The summed E-state index contributed by atoms with van der Waals surface area (Å²) in [6, 6.07) is 5.95. The molecule has 1 aliphatic heterocycles. The molecule has 0 unspecified atom stereocenters. The van der Waals surface area contributed by atoms with Crippen molar-refractivity contribution in [2.75, 3.05) is 33.0 Å². The summed E-state index contributed by atoms with van der Waals surface area (Å²) in [4.78, 5) is 16.2. The van der Waals surface area contributed by atoms with Crippen LogP contribution in [0.3, 0.4) is 0 Å². The minimum absolute atomic E-state index is 0.183. The van der Waals surface area contributed by atoms with Gasteiger partial charge in [-0.2, -0.15) is 0 Å². The van der Waals surface area contributed by atoms with E-state index in [0.717, 1.165) is 43.2 Å². The first kappa shape index (κ1) is 15.6. The highest BCUT2D eigenvalue weighted by molar-refractivity contribution is 5.78. The first-order valence-electron chi connectivity index (χ1n) is 7.56. The van der Waals surface area contributed by atoms with Gasteiger partial charge in [0.15, 0.2) is 11.5 Å². The van der Waals surface area contributed by atoms with E-state index in [9.17, 15) is 4.79 Å². The van der Waals surface area contributed by atoms with Crippen LogP contribution >= 0.6 is 0 Å². The summed E-state index contributed by atoms with van der Waals surface area (Å²) >= 11 is 0. The Morgan fingerprint density at radius 2 is 1.81 bits per heavy atom. The number of likely N-dealkylation sites (N-methyl/N-ethyl adjacent to an activating group) is 2. The van der Waals surface area contributed by atoms with E-state index in [0.29, 0.717) is 6.54 Å². The number of amides is 1. The van der Waals surface area contributed by atoms with E-state index in [-0.39, 0.29) is 12.7 Å². The van der Waals surface area contributed by atoms with Crippen LogP contribution in [-0.4, -0.2) is 48.7 Å². The fraction of sp³-hybridized carbons (Fsp3) is 0.562. The number of benzene rings is 1. The van der Waals surface area contributed by atoms with Gasteiger partial charge in [-0.05, 0) is 38.1 Å². The number of carbonyl (C=O) groups excluding carboxylic acids is 1. The fourth-order valence-corrected chi connectivity index (χ4v) is 2.44. The van der Waals surface area contributed by atoms with E-state index in [2.05, 4.69) is 11.8 Å². The molecule has 1 amide bonds. The molecule has 21 heavy (non-hydrogen) atoms. The van der Waals surface area contributed by atoms with E-state index in [1.807, 2.05) is 36.9 Å². The smallest absolute Gasteiger partial charge is 0.236 e. The molecular weight excluding hydrogens is 268 g/mol. The summed E-state index contributed by atoms with van der Waals surface area (Å²) in [5, 5.41) is 0. The molecule has 2 rings (SSSR count). The van der Waals surface area contributed by atoms with Gasteiger partial charge in [-0.15, -0.1) is 0 Å². The Labute approximate surface area is 126 Å². The van der Waals surface area contributed by atoms with E-state index < -0.39 is 0 Å². The van der Waals surface area contributed by atoms with Crippen LogP contribution in [0.4, 0.5) is 0 Å². The number of rotatable bonds is 7. The van der Waals surface area contributed by atoms with Gasteiger partial charge < -0.3 is 14.4 Å². The van der Waals surface area contributed by atoms with Crippen molar-refractivity contribution in [2.45, 2.75) is 27.3 Å². The summed E-state index contributed by atoms with van der Waals surface area (Å²) in [7, 11) is 0. The third-order valence-corrected chi connectivity index (χ3v) is 3.77. The predicted octanol–water partition coefficient (Wildman–Crippen LogP) is 2.11. The lowest BCUT2D eigenvalue weighted by atomic mass is 10.2. The molecule has 0 saturated carbocycles. The quantitative estimate of drug-likeness (QED) is 0.772. The molecule has 1 aliphatic rings. The molecule has 1 aromatic carbocycles. The Bertz CT molecular complexity index is 486. The Morgan fingerprint density at radius 1 is 1.10 bits per heavy atom. The molecule has 0 saturated heterocycles. The van der Waals surface area contributed by atoms with Crippen LogP contribution in [0, 0.1) is 0 Å². The average Bonchev–Trinajstić information content (AvgIpc) is 2.95. The molecule has 5 nitrogen and oxygen atoms in total. The van der Waals surface area contributed by atoms with E-state index >= 15 is 0 Å². The van der Waals surface area contributed by atoms with Gasteiger partial charge in [-0.1, -0.05) is 13.0 Å². The normalized spacial score (nSPS) is 12.8. The maximum absolute atomic E-state index is 12.2. The van der Waals surface area contributed by atoms with Crippen molar-refractivity contribution < 1.29 is 14.3 Å². The van der Waals surface area contributed by atoms with Gasteiger partial charge in [-0.25, -0.2) is 0 Å². The van der Waals surface area contributed by atoms with Crippen LogP contribution in [0.15, 0.2) is 18.2 Å². The van der Waals surface area contributed by atoms with Gasteiger partial charge in [0.05, 0.1) is 6.54 Å². The van der Waals surface area contributed by atoms with Crippen molar-refractivity contribution in [2.24, 2.45) is 0 Å². The van der Waals surface area contributed by atoms with Crippen LogP contribution in [0.5, 0.6) is 11.5 Å². The number of nitrogens with zero attached hydrogens (tertiary/aromatic N) is 2. The van der Waals surface area contributed by atoms with Gasteiger partial charge in [0.25, 0.3) is 0 Å². The van der Waals surface area contributed by atoms with Crippen molar-refractivity contribution >= 4 is 5.91 Å². The van der Waals surface area contributed by atoms with Crippen molar-refractivity contribution in [1.29, 1.82) is 0 Å². The lowest BCUT2D eigenvalue weighted by Gasteiger charge is -2.25. The lowest BCUT2D eigenvalue weighted by molar-refractivity contribution is -0.132. The number of hydrogen-bond donors (Lipinski definition) is 0. The molecule has 0 radical (unpaired) electrons. The average molecular weight is 292 g/mol. The van der Waals surface area contributed by atoms with Crippen LogP contribution < -0.4 is 9.47 Å². The first-order valence-corrected chi connectivity index (χ1v) is 7.56. The fourth-order valence-electron chi connectivity index (χ4n) is 2.44. The Hall–Kier alpha value is -1.75. The van der Waals surface area contributed by atoms with Gasteiger partial charge in [0.1, 0.15) is 0 Å².